The number of esters is 1. The molecule has 0 bridgehead atoms. The molecule has 3 aromatic rings. The first-order chi connectivity index (χ1) is 14.6. The van der Waals surface area contributed by atoms with Crippen LogP contribution in [0.4, 0.5) is 0 Å². The largest absolute Gasteiger partial charge is 0.496 e. The Balaban J connectivity index is 1.72. The molecule has 0 spiro atoms. The number of carbonyl (C=O) groups excluding carboxylic acids is 1. The van der Waals surface area contributed by atoms with E-state index in [-0.39, 0.29) is 6.61 Å². The van der Waals surface area contributed by atoms with Gasteiger partial charge in [0.2, 0.25) is 0 Å². The number of hydrogen-bond donors (Lipinski definition) is 0. The molecule has 0 N–H and O–H groups in total. The van der Waals surface area contributed by atoms with Crippen LogP contribution in [0, 0.1) is 11.3 Å². The van der Waals surface area contributed by atoms with Crippen molar-refractivity contribution in [3.63, 3.8) is 0 Å². The Morgan fingerprint density at radius 2 is 1.77 bits per heavy atom. The van der Waals surface area contributed by atoms with Gasteiger partial charge in [-0.05, 0) is 48.0 Å². The normalized spacial score (nSPS) is 10.8. The van der Waals surface area contributed by atoms with Crippen molar-refractivity contribution in [3.05, 3.63) is 88.9 Å². The molecule has 30 heavy (non-hydrogen) atoms. The van der Waals surface area contributed by atoms with Gasteiger partial charge in [-0.1, -0.05) is 48.0 Å². The first-order valence-electron chi connectivity index (χ1n) is 9.04. The lowest BCUT2D eigenvalue weighted by Crippen LogP contribution is -2.17. The number of methoxy groups -OCH3 is 1. The van der Waals surface area contributed by atoms with Crippen molar-refractivity contribution < 1.29 is 19.0 Å². The summed E-state index contributed by atoms with van der Waals surface area (Å²) in [6.45, 7) is -0.283. The van der Waals surface area contributed by atoms with Crippen LogP contribution < -0.4 is 14.2 Å². The second-order valence-corrected chi connectivity index (χ2v) is 6.54. The summed E-state index contributed by atoms with van der Waals surface area (Å²) in [5, 5.41) is 10.0. The van der Waals surface area contributed by atoms with Gasteiger partial charge in [-0.3, -0.25) is 0 Å². The molecule has 0 aliphatic heterocycles. The van der Waals surface area contributed by atoms with Crippen molar-refractivity contribution in [2.75, 3.05) is 13.7 Å². The van der Waals surface area contributed by atoms with Gasteiger partial charge in [0.15, 0.2) is 6.61 Å². The van der Waals surface area contributed by atoms with Crippen LogP contribution in [0.1, 0.15) is 11.1 Å². The minimum Gasteiger partial charge on any atom is -0.496 e. The zero-order chi connectivity index (χ0) is 21.3. The predicted molar refractivity (Wildman–Crippen MR) is 116 cm³/mol. The minimum atomic E-state index is -0.568. The average molecular weight is 420 g/mol. The van der Waals surface area contributed by atoms with E-state index >= 15 is 0 Å². The van der Waals surface area contributed by atoms with Crippen LogP contribution in [0.2, 0.25) is 5.02 Å². The molecule has 0 atom stereocenters. The van der Waals surface area contributed by atoms with Crippen molar-refractivity contribution in [2.45, 2.75) is 0 Å². The SMILES string of the molecule is COc1ccccc1/C(C#N)=C\c1cccc(OC(=O)COc2ccccc2Cl)c1. The van der Waals surface area contributed by atoms with Crippen LogP contribution in [-0.2, 0) is 4.79 Å². The summed E-state index contributed by atoms with van der Waals surface area (Å²) < 4.78 is 16.1. The van der Waals surface area contributed by atoms with Gasteiger partial charge in [0.1, 0.15) is 17.2 Å². The van der Waals surface area contributed by atoms with E-state index in [1.165, 1.54) is 0 Å². The minimum absolute atomic E-state index is 0.283. The number of rotatable bonds is 7. The molecule has 0 heterocycles. The number of halogens is 1. The Kier molecular flexibility index (Phi) is 7.09. The second kappa shape index (κ2) is 10.1. The highest BCUT2D eigenvalue weighted by atomic mass is 35.5. The van der Waals surface area contributed by atoms with E-state index in [0.29, 0.717) is 39.0 Å². The van der Waals surface area contributed by atoms with E-state index in [4.69, 9.17) is 25.8 Å². The molecule has 3 rings (SSSR count). The third-order valence-electron chi connectivity index (χ3n) is 4.10. The second-order valence-electron chi connectivity index (χ2n) is 6.14. The highest BCUT2D eigenvalue weighted by Gasteiger charge is 2.10. The molecular formula is C24H18ClNO4. The molecule has 0 aliphatic rings. The summed E-state index contributed by atoms with van der Waals surface area (Å²) in [6, 6.07) is 23.2. The Morgan fingerprint density at radius 1 is 1.03 bits per heavy atom. The van der Waals surface area contributed by atoms with Crippen molar-refractivity contribution in [1.29, 1.82) is 5.26 Å². The van der Waals surface area contributed by atoms with Crippen molar-refractivity contribution >= 4 is 29.2 Å². The highest BCUT2D eigenvalue weighted by molar-refractivity contribution is 6.32. The van der Waals surface area contributed by atoms with Crippen molar-refractivity contribution in [1.82, 2.24) is 0 Å². The first-order valence-corrected chi connectivity index (χ1v) is 9.42. The van der Waals surface area contributed by atoms with Crippen LogP contribution >= 0.6 is 11.6 Å². The van der Waals surface area contributed by atoms with Gasteiger partial charge in [0.05, 0.1) is 23.8 Å². The Labute approximate surface area is 179 Å². The number of allylic oxidation sites excluding steroid dienone is 1. The van der Waals surface area contributed by atoms with E-state index in [9.17, 15) is 10.1 Å². The van der Waals surface area contributed by atoms with Gasteiger partial charge < -0.3 is 14.2 Å². The summed E-state index contributed by atoms with van der Waals surface area (Å²) in [4.78, 5) is 12.1. The third kappa shape index (κ3) is 5.40. The van der Waals surface area contributed by atoms with E-state index in [2.05, 4.69) is 6.07 Å². The summed E-state index contributed by atoms with van der Waals surface area (Å²) in [5.74, 6) is 0.781. The fourth-order valence-corrected chi connectivity index (χ4v) is 2.92. The number of para-hydroxylation sites is 2. The summed E-state index contributed by atoms with van der Waals surface area (Å²) in [7, 11) is 1.55. The molecule has 3 aromatic carbocycles. The summed E-state index contributed by atoms with van der Waals surface area (Å²) >= 11 is 6.00. The lowest BCUT2D eigenvalue weighted by Gasteiger charge is -2.09. The average Bonchev–Trinajstić information content (AvgIpc) is 2.77. The van der Waals surface area contributed by atoms with Crippen LogP contribution in [0.5, 0.6) is 17.2 Å². The molecule has 0 saturated heterocycles. The van der Waals surface area contributed by atoms with Gasteiger partial charge in [-0.2, -0.15) is 5.26 Å². The zero-order valence-corrected chi connectivity index (χ0v) is 16.9. The Bertz CT molecular complexity index is 1120. The number of nitriles is 1. The smallest absolute Gasteiger partial charge is 0.349 e. The van der Waals surface area contributed by atoms with E-state index in [1.54, 1.807) is 61.7 Å². The Morgan fingerprint density at radius 3 is 2.50 bits per heavy atom. The molecule has 0 amide bonds. The molecule has 0 radical (unpaired) electrons. The quantitative estimate of drug-likeness (QED) is 0.222. The van der Waals surface area contributed by atoms with Gasteiger partial charge in [-0.15, -0.1) is 0 Å². The van der Waals surface area contributed by atoms with Crippen molar-refractivity contribution in [2.24, 2.45) is 0 Å². The molecule has 150 valence electrons. The number of carbonyl (C=O) groups is 1. The maximum atomic E-state index is 12.1. The molecular weight excluding hydrogens is 402 g/mol. The molecule has 0 unspecified atom stereocenters. The molecule has 0 aliphatic carbocycles. The first kappa shape index (κ1) is 21.0. The topological polar surface area (TPSA) is 68.5 Å². The number of hydrogen-bond acceptors (Lipinski definition) is 5. The summed E-state index contributed by atoms with van der Waals surface area (Å²) in [6.07, 6.45) is 1.70. The fraction of sp³-hybridized carbons (Fsp3) is 0.0833. The van der Waals surface area contributed by atoms with E-state index < -0.39 is 5.97 Å². The van der Waals surface area contributed by atoms with E-state index in [0.717, 1.165) is 0 Å². The van der Waals surface area contributed by atoms with Crippen LogP contribution in [-0.4, -0.2) is 19.7 Å². The molecule has 0 aromatic heterocycles. The lowest BCUT2D eigenvalue weighted by molar-refractivity contribution is -0.136. The highest BCUT2D eigenvalue weighted by Crippen LogP contribution is 2.28. The van der Waals surface area contributed by atoms with Gasteiger partial charge in [0, 0.05) is 5.56 Å². The van der Waals surface area contributed by atoms with Crippen LogP contribution in [0.3, 0.4) is 0 Å². The molecule has 0 fully saturated rings. The van der Waals surface area contributed by atoms with Gasteiger partial charge in [-0.25, -0.2) is 4.79 Å². The Hall–Kier alpha value is -3.75. The zero-order valence-electron chi connectivity index (χ0n) is 16.2. The van der Waals surface area contributed by atoms with Crippen molar-refractivity contribution in [3.8, 4) is 23.3 Å². The summed E-state index contributed by atoms with van der Waals surface area (Å²) in [5.41, 5.74) is 1.81. The molecule has 5 nitrogen and oxygen atoms in total. The van der Waals surface area contributed by atoms with Gasteiger partial charge in [0.25, 0.3) is 0 Å². The lowest BCUT2D eigenvalue weighted by atomic mass is 10.0. The monoisotopic (exact) mass is 419 g/mol. The van der Waals surface area contributed by atoms with Gasteiger partial charge >= 0.3 is 5.97 Å². The predicted octanol–water partition coefficient (Wildman–Crippen LogP) is 5.40. The standard InChI is InChI=1S/C24H18ClNO4/c1-28-22-11-4-2-9-20(22)18(15-26)13-17-7-6-8-19(14-17)30-24(27)16-29-23-12-5-3-10-21(23)25/h2-14H,16H2,1H3/b18-13-. The maximum absolute atomic E-state index is 12.1. The maximum Gasteiger partial charge on any atom is 0.349 e. The van der Waals surface area contributed by atoms with Crippen LogP contribution in [0.15, 0.2) is 72.8 Å². The number of nitrogens with zero attached hydrogens (tertiary/aromatic N) is 1. The third-order valence-corrected chi connectivity index (χ3v) is 4.41. The number of benzene rings is 3. The number of ether oxygens (including phenoxy) is 3. The van der Waals surface area contributed by atoms with E-state index in [1.807, 2.05) is 24.3 Å². The fourth-order valence-electron chi connectivity index (χ4n) is 2.73. The van der Waals surface area contributed by atoms with Crippen LogP contribution in [0.25, 0.3) is 11.6 Å². The molecule has 0 saturated carbocycles. The molecule has 6 heteroatoms.